The molecule has 0 amide bonds. The minimum Gasteiger partial charge on any atom is -0.457 e. The van der Waals surface area contributed by atoms with E-state index in [1.165, 1.54) is 23.9 Å². The molecular weight excluding hydrogens is 354 g/mol. The second-order valence-corrected chi connectivity index (χ2v) is 6.65. The van der Waals surface area contributed by atoms with Crippen LogP contribution in [0.25, 0.3) is 0 Å². The molecule has 0 aliphatic rings. The number of nitro groups is 1. The van der Waals surface area contributed by atoms with Gasteiger partial charge in [-0.2, -0.15) is 0 Å². The highest BCUT2D eigenvalue weighted by Crippen LogP contribution is 2.22. The molecule has 0 heterocycles. The van der Waals surface area contributed by atoms with Crippen molar-refractivity contribution in [2.75, 3.05) is 12.4 Å². The molecule has 0 atom stereocenters. The molecule has 7 heteroatoms. The molecule has 0 saturated heterocycles. The zero-order chi connectivity index (χ0) is 18.9. The molecular formula is C19H19NO5S. The molecule has 136 valence electrons. The molecule has 0 aliphatic carbocycles. The first-order valence-electron chi connectivity index (χ1n) is 8.14. The van der Waals surface area contributed by atoms with Crippen LogP contribution in [0, 0.1) is 10.1 Å². The van der Waals surface area contributed by atoms with Crippen LogP contribution in [0.3, 0.4) is 0 Å². The number of non-ortho nitro benzene ring substituents is 1. The second kappa shape index (κ2) is 9.72. The molecule has 0 bridgehead atoms. The highest BCUT2D eigenvalue weighted by molar-refractivity contribution is 7.99. The van der Waals surface area contributed by atoms with Gasteiger partial charge in [-0.1, -0.05) is 31.2 Å². The number of nitro benzene ring substituents is 1. The first-order chi connectivity index (χ1) is 12.5. The molecule has 26 heavy (non-hydrogen) atoms. The van der Waals surface area contributed by atoms with Crippen LogP contribution in [0.4, 0.5) is 5.69 Å². The lowest BCUT2D eigenvalue weighted by Crippen LogP contribution is -2.14. The number of hydrogen-bond donors (Lipinski definition) is 0. The van der Waals surface area contributed by atoms with Crippen LogP contribution in [-0.2, 0) is 16.0 Å². The molecule has 0 N–H and O–H groups in total. The van der Waals surface area contributed by atoms with Gasteiger partial charge in [-0.3, -0.25) is 19.7 Å². The predicted octanol–water partition coefficient (Wildman–Crippen LogP) is 4.07. The van der Waals surface area contributed by atoms with Gasteiger partial charge in [0.05, 0.1) is 11.3 Å². The fourth-order valence-corrected chi connectivity index (χ4v) is 2.98. The number of aryl methyl sites for hydroxylation is 1. The van der Waals surface area contributed by atoms with Gasteiger partial charge in [-0.05, 0) is 24.1 Å². The Morgan fingerprint density at radius 3 is 2.31 bits per heavy atom. The van der Waals surface area contributed by atoms with Gasteiger partial charge in [0.15, 0.2) is 12.4 Å². The van der Waals surface area contributed by atoms with Crippen molar-refractivity contribution in [3.63, 3.8) is 0 Å². The van der Waals surface area contributed by atoms with Crippen molar-refractivity contribution in [1.29, 1.82) is 0 Å². The van der Waals surface area contributed by atoms with E-state index >= 15 is 0 Å². The van der Waals surface area contributed by atoms with Gasteiger partial charge in [0.2, 0.25) is 0 Å². The molecule has 0 aromatic heterocycles. The molecule has 2 aromatic rings. The van der Waals surface area contributed by atoms with E-state index in [9.17, 15) is 19.7 Å². The lowest BCUT2D eigenvalue weighted by molar-refractivity contribution is -0.384. The van der Waals surface area contributed by atoms with Crippen molar-refractivity contribution in [3.05, 3.63) is 69.8 Å². The molecule has 0 unspecified atom stereocenters. The molecule has 0 saturated carbocycles. The first kappa shape index (κ1) is 19.7. The third-order valence-electron chi connectivity index (χ3n) is 3.67. The number of carbonyl (C=O) groups is 2. The molecule has 0 fully saturated rings. The Morgan fingerprint density at radius 1 is 1.08 bits per heavy atom. The second-order valence-electron chi connectivity index (χ2n) is 5.48. The van der Waals surface area contributed by atoms with Crippen LogP contribution in [0.15, 0.2) is 53.4 Å². The highest BCUT2D eigenvalue weighted by Gasteiger charge is 2.10. The maximum atomic E-state index is 12.0. The summed E-state index contributed by atoms with van der Waals surface area (Å²) in [6.45, 7) is 1.76. The summed E-state index contributed by atoms with van der Waals surface area (Å²) in [5.74, 6) is -0.210. The van der Waals surface area contributed by atoms with E-state index < -0.39 is 10.9 Å². The van der Waals surface area contributed by atoms with Gasteiger partial charge >= 0.3 is 5.97 Å². The van der Waals surface area contributed by atoms with Crippen molar-refractivity contribution in [3.8, 4) is 0 Å². The summed E-state index contributed by atoms with van der Waals surface area (Å²) >= 11 is 1.40. The van der Waals surface area contributed by atoms with Gasteiger partial charge in [0.1, 0.15) is 0 Å². The summed E-state index contributed by atoms with van der Waals surface area (Å²) in [7, 11) is 0. The Balaban J connectivity index is 1.71. The monoisotopic (exact) mass is 373 g/mol. The van der Waals surface area contributed by atoms with E-state index in [1.807, 2.05) is 19.1 Å². The number of rotatable bonds is 9. The normalized spacial score (nSPS) is 10.3. The summed E-state index contributed by atoms with van der Waals surface area (Å²) in [4.78, 5) is 34.7. The number of esters is 1. The van der Waals surface area contributed by atoms with Gasteiger partial charge in [0.25, 0.3) is 5.69 Å². The quantitative estimate of drug-likeness (QED) is 0.217. The van der Waals surface area contributed by atoms with E-state index in [-0.39, 0.29) is 24.5 Å². The Labute approximate surface area is 155 Å². The van der Waals surface area contributed by atoms with E-state index in [0.717, 1.165) is 16.9 Å². The van der Waals surface area contributed by atoms with Crippen molar-refractivity contribution >= 4 is 29.2 Å². The van der Waals surface area contributed by atoms with Gasteiger partial charge in [-0.25, -0.2) is 0 Å². The maximum Gasteiger partial charge on any atom is 0.307 e. The Kier molecular flexibility index (Phi) is 7.35. The number of nitrogens with zero attached hydrogens (tertiary/aromatic N) is 1. The third-order valence-corrected chi connectivity index (χ3v) is 4.68. The topological polar surface area (TPSA) is 86.5 Å². The average molecular weight is 373 g/mol. The number of carbonyl (C=O) groups excluding carboxylic acids is 2. The molecule has 6 nitrogen and oxygen atoms in total. The van der Waals surface area contributed by atoms with E-state index in [2.05, 4.69) is 0 Å². The lowest BCUT2D eigenvalue weighted by atomic mass is 10.1. The van der Waals surface area contributed by atoms with Crippen molar-refractivity contribution in [2.45, 2.75) is 24.7 Å². The third kappa shape index (κ3) is 6.00. The fourth-order valence-electron chi connectivity index (χ4n) is 2.14. The van der Waals surface area contributed by atoms with Crippen LogP contribution < -0.4 is 0 Å². The van der Waals surface area contributed by atoms with Gasteiger partial charge in [0, 0.05) is 28.3 Å². The minimum atomic E-state index is -0.460. The number of Topliss-reactive ketones (excluding diaryl/α,β-unsaturated/α-hetero) is 1. The molecule has 0 radical (unpaired) electrons. The number of ketones is 1. The minimum absolute atomic E-state index is 0.0271. The summed E-state index contributed by atoms with van der Waals surface area (Å²) in [5, 5.41) is 10.6. The summed E-state index contributed by atoms with van der Waals surface area (Å²) in [5.41, 5.74) is 1.69. The smallest absolute Gasteiger partial charge is 0.307 e. The Hall–Kier alpha value is -2.67. The zero-order valence-corrected chi connectivity index (χ0v) is 15.2. The Morgan fingerprint density at radius 2 is 1.73 bits per heavy atom. The average Bonchev–Trinajstić information content (AvgIpc) is 2.66. The predicted molar refractivity (Wildman–Crippen MR) is 99.5 cm³/mol. The van der Waals surface area contributed by atoms with Crippen LogP contribution in [0.5, 0.6) is 0 Å². The largest absolute Gasteiger partial charge is 0.457 e. The van der Waals surface area contributed by atoms with E-state index in [4.69, 9.17) is 4.74 Å². The molecule has 2 rings (SSSR count). The molecule has 0 spiro atoms. The fraction of sp³-hybridized carbons (Fsp3) is 0.263. The molecule has 2 aromatic carbocycles. The van der Waals surface area contributed by atoms with Gasteiger partial charge < -0.3 is 4.74 Å². The van der Waals surface area contributed by atoms with Crippen LogP contribution >= 0.6 is 11.8 Å². The van der Waals surface area contributed by atoms with E-state index in [1.54, 1.807) is 24.3 Å². The van der Waals surface area contributed by atoms with Crippen molar-refractivity contribution in [1.82, 2.24) is 0 Å². The lowest BCUT2D eigenvalue weighted by Gasteiger charge is -2.05. The number of ether oxygens (including phenoxy) is 1. The number of thioether (sulfide) groups is 1. The summed E-state index contributed by atoms with van der Waals surface area (Å²) < 4.78 is 5.01. The maximum absolute atomic E-state index is 12.0. The zero-order valence-electron chi connectivity index (χ0n) is 14.3. The van der Waals surface area contributed by atoms with Crippen LogP contribution in [-0.4, -0.2) is 29.0 Å². The standard InChI is InChI=1S/C19H19NO5S/c1-2-14-3-5-15(6-4-14)18(21)13-25-19(22)11-12-26-17-9-7-16(8-10-17)20(23)24/h3-10H,2,11-13H2,1H3. The van der Waals surface area contributed by atoms with Crippen LogP contribution in [0.2, 0.25) is 0 Å². The number of benzene rings is 2. The molecule has 0 aliphatic heterocycles. The Bertz CT molecular complexity index is 772. The van der Waals surface area contributed by atoms with Gasteiger partial charge in [-0.15, -0.1) is 11.8 Å². The van der Waals surface area contributed by atoms with Crippen LogP contribution in [0.1, 0.15) is 29.3 Å². The van der Waals surface area contributed by atoms with Crippen molar-refractivity contribution in [2.24, 2.45) is 0 Å². The summed E-state index contributed by atoms with van der Waals surface area (Å²) in [6.07, 6.45) is 1.06. The summed E-state index contributed by atoms with van der Waals surface area (Å²) in [6, 6.07) is 13.4. The highest BCUT2D eigenvalue weighted by atomic mass is 32.2. The SMILES string of the molecule is CCc1ccc(C(=O)COC(=O)CCSc2ccc([N+](=O)[O-])cc2)cc1. The first-order valence-corrected chi connectivity index (χ1v) is 9.13. The number of hydrogen-bond acceptors (Lipinski definition) is 6. The van der Waals surface area contributed by atoms with Crippen molar-refractivity contribution < 1.29 is 19.2 Å². The van der Waals surface area contributed by atoms with E-state index in [0.29, 0.717) is 11.3 Å².